The van der Waals surface area contributed by atoms with E-state index in [0.29, 0.717) is 5.76 Å². The van der Waals surface area contributed by atoms with Crippen molar-refractivity contribution in [3.63, 3.8) is 0 Å². The van der Waals surface area contributed by atoms with Crippen LogP contribution in [0, 0.1) is 5.41 Å². The lowest BCUT2D eigenvalue weighted by molar-refractivity contribution is 0.0850. The van der Waals surface area contributed by atoms with E-state index in [1.807, 2.05) is 13.0 Å². The van der Waals surface area contributed by atoms with Gasteiger partial charge in [0.2, 0.25) is 0 Å². The van der Waals surface area contributed by atoms with Crippen LogP contribution in [0.2, 0.25) is 0 Å². The van der Waals surface area contributed by atoms with Gasteiger partial charge in [-0.05, 0) is 12.8 Å². The predicted octanol–water partition coefficient (Wildman–Crippen LogP) is 3.12. The van der Waals surface area contributed by atoms with Crippen molar-refractivity contribution in [3.05, 3.63) is 40.1 Å². The molecule has 0 aliphatic carbocycles. The van der Waals surface area contributed by atoms with Crippen LogP contribution >= 0.6 is 0 Å². The Bertz CT molecular complexity index is 625. The molecule has 6 heteroatoms. The summed E-state index contributed by atoms with van der Waals surface area (Å²) < 4.78 is 5.24. The maximum atomic E-state index is 12.2. The molecule has 0 amide bonds. The minimum absolute atomic E-state index is 0.0698. The molecule has 1 unspecified atom stereocenters. The van der Waals surface area contributed by atoms with E-state index in [4.69, 9.17) is 4.42 Å². The minimum Gasteiger partial charge on any atom is -0.507 e. The molecule has 2 N–H and O–H groups in total. The molecule has 1 atom stereocenters. The lowest BCUT2D eigenvalue weighted by atomic mass is 9.86. The fourth-order valence-electron chi connectivity index (χ4n) is 2.01. The zero-order chi connectivity index (χ0) is 17.6. The summed E-state index contributed by atoms with van der Waals surface area (Å²) in [5.74, 6) is -0.457. The van der Waals surface area contributed by atoms with E-state index in [0.717, 1.165) is 12.8 Å². The van der Waals surface area contributed by atoms with Gasteiger partial charge in [-0.25, -0.2) is 4.79 Å². The van der Waals surface area contributed by atoms with Crippen LogP contribution in [0.1, 0.15) is 62.6 Å². The molecule has 0 saturated heterocycles. The van der Waals surface area contributed by atoms with Gasteiger partial charge in [0.05, 0.1) is 7.11 Å². The summed E-state index contributed by atoms with van der Waals surface area (Å²) in [6.45, 7) is 6.95. The standard InChI is InChI=1S/C17H25NO5/c1-11(8-6-7-9-18-22-5)13-10-12(19)14(16(21)23-13)15(20)17(2,3)4/h7,9-11,18-19H,6,8H2,1-5H3/b9-7-. The number of carbonyl (C=O) groups excluding carboxylic acids is 1. The van der Waals surface area contributed by atoms with Crippen LogP contribution in [-0.2, 0) is 4.84 Å². The molecule has 0 radical (unpaired) electrons. The third kappa shape index (κ3) is 5.25. The molecule has 0 spiro atoms. The van der Waals surface area contributed by atoms with Gasteiger partial charge in [0.15, 0.2) is 5.78 Å². The van der Waals surface area contributed by atoms with Crippen molar-refractivity contribution in [3.8, 4) is 5.75 Å². The Morgan fingerprint density at radius 1 is 1.48 bits per heavy atom. The number of rotatable bonds is 7. The van der Waals surface area contributed by atoms with Gasteiger partial charge in [0.1, 0.15) is 17.1 Å². The number of carbonyl (C=O) groups is 1. The Balaban J connectivity index is 2.92. The molecule has 6 nitrogen and oxygen atoms in total. The Kier molecular flexibility index (Phi) is 6.57. The van der Waals surface area contributed by atoms with Gasteiger partial charge in [-0.3, -0.25) is 15.1 Å². The first-order chi connectivity index (χ1) is 10.7. The lowest BCUT2D eigenvalue weighted by Gasteiger charge is -2.17. The monoisotopic (exact) mass is 323 g/mol. The number of hydrogen-bond donors (Lipinski definition) is 2. The van der Waals surface area contributed by atoms with E-state index in [-0.39, 0.29) is 17.2 Å². The van der Waals surface area contributed by atoms with Crippen LogP contribution in [0.5, 0.6) is 5.75 Å². The van der Waals surface area contributed by atoms with E-state index in [1.54, 1.807) is 27.0 Å². The molecule has 23 heavy (non-hydrogen) atoms. The molecule has 0 saturated carbocycles. The summed E-state index contributed by atoms with van der Waals surface area (Å²) in [5, 5.41) is 10.1. The Morgan fingerprint density at radius 2 is 2.13 bits per heavy atom. The van der Waals surface area contributed by atoms with Crippen LogP contribution in [0.4, 0.5) is 0 Å². The van der Waals surface area contributed by atoms with E-state index < -0.39 is 16.8 Å². The van der Waals surface area contributed by atoms with Gasteiger partial charge in [0, 0.05) is 23.6 Å². The van der Waals surface area contributed by atoms with Crippen LogP contribution in [-0.4, -0.2) is 18.0 Å². The zero-order valence-corrected chi connectivity index (χ0v) is 14.3. The van der Waals surface area contributed by atoms with Gasteiger partial charge >= 0.3 is 5.63 Å². The number of ketones is 1. The van der Waals surface area contributed by atoms with Gasteiger partial charge in [0.25, 0.3) is 0 Å². The average Bonchev–Trinajstić information content (AvgIpc) is 2.44. The maximum Gasteiger partial charge on any atom is 0.350 e. The molecule has 128 valence electrons. The highest BCUT2D eigenvalue weighted by molar-refractivity contribution is 6.01. The molecule has 0 fully saturated rings. The Hall–Kier alpha value is -2.08. The van der Waals surface area contributed by atoms with E-state index in [9.17, 15) is 14.7 Å². The fraction of sp³-hybridized carbons (Fsp3) is 0.529. The number of allylic oxidation sites excluding steroid dienone is 1. The van der Waals surface area contributed by atoms with Crippen molar-refractivity contribution in [2.45, 2.75) is 46.5 Å². The third-order valence-electron chi connectivity index (χ3n) is 3.41. The van der Waals surface area contributed by atoms with E-state index in [2.05, 4.69) is 10.3 Å². The minimum atomic E-state index is -0.789. The van der Waals surface area contributed by atoms with Gasteiger partial charge < -0.3 is 9.52 Å². The summed E-state index contributed by atoms with van der Waals surface area (Å²) in [4.78, 5) is 29.0. The summed E-state index contributed by atoms with van der Waals surface area (Å²) in [7, 11) is 1.52. The summed E-state index contributed by atoms with van der Waals surface area (Å²) >= 11 is 0. The zero-order valence-electron chi connectivity index (χ0n) is 14.3. The molecule has 1 rings (SSSR count). The van der Waals surface area contributed by atoms with Crippen molar-refractivity contribution < 1.29 is 19.2 Å². The van der Waals surface area contributed by atoms with Crippen molar-refractivity contribution in [2.75, 3.05) is 7.11 Å². The second-order valence-corrected chi connectivity index (χ2v) is 6.48. The molecule has 0 aromatic carbocycles. The summed E-state index contributed by atoms with van der Waals surface area (Å²) in [6.07, 6.45) is 5.02. The average molecular weight is 323 g/mol. The number of aromatic hydroxyl groups is 1. The first-order valence-electron chi connectivity index (χ1n) is 7.53. The highest BCUT2D eigenvalue weighted by Crippen LogP contribution is 2.28. The molecule has 1 aromatic heterocycles. The maximum absolute atomic E-state index is 12.2. The molecule has 0 aliphatic heterocycles. The van der Waals surface area contributed by atoms with Crippen LogP contribution < -0.4 is 11.1 Å². The number of Topliss-reactive ketones (excluding diaryl/α,β-unsaturated/α-hetero) is 1. The second-order valence-electron chi connectivity index (χ2n) is 6.48. The SMILES string of the molecule is CON/C=C\CCC(C)c1cc(O)c(C(=O)C(C)(C)C)c(=O)o1. The quantitative estimate of drug-likeness (QED) is 0.592. The van der Waals surface area contributed by atoms with Crippen molar-refractivity contribution in [1.29, 1.82) is 0 Å². The van der Waals surface area contributed by atoms with Gasteiger partial charge in [-0.1, -0.05) is 33.8 Å². The van der Waals surface area contributed by atoms with Gasteiger partial charge in [-0.15, -0.1) is 0 Å². The number of hydroxylamine groups is 1. The Morgan fingerprint density at radius 3 is 2.65 bits per heavy atom. The van der Waals surface area contributed by atoms with E-state index >= 15 is 0 Å². The molecular weight excluding hydrogens is 298 g/mol. The first kappa shape index (κ1) is 19.0. The normalized spacial score (nSPS) is 13.3. The van der Waals surface area contributed by atoms with Crippen LogP contribution in [0.3, 0.4) is 0 Å². The number of nitrogens with one attached hydrogen (secondary N) is 1. The summed E-state index contributed by atoms with van der Waals surface area (Å²) in [6, 6.07) is 1.36. The molecular formula is C17H25NO5. The summed E-state index contributed by atoms with van der Waals surface area (Å²) in [5.41, 5.74) is 0.749. The molecule has 0 bridgehead atoms. The van der Waals surface area contributed by atoms with Crippen LogP contribution in [0.25, 0.3) is 0 Å². The van der Waals surface area contributed by atoms with Crippen molar-refractivity contribution >= 4 is 5.78 Å². The van der Waals surface area contributed by atoms with E-state index in [1.165, 1.54) is 13.2 Å². The van der Waals surface area contributed by atoms with Crippen molar-refractivity contribution in [2.24, 2.45) is 5.41 Å². The molecule has 1 heterocycles. The fourth-order valence-corrected chi connectivity index (χ4v) is 2.01. The highest BCUT2D eigenvalue weighted by Gasteiger charge is 2.29. The highest BCUT2D eigenvalue weighted by atomic mass is 16.6. The molecule has 1 aromatic rings. The second kappa shape index (κ2) is 7.97. The smallest absolute Gasteiger partial charge is 0.350 e. The predicted molar refractivity (Wildman–Crippen MR) is 87.4 cm³/mol. The van der Waals surface area contributed by atoms with Crippen LogP contribution in [0.15, 0.2) is 27.6 Å². The number of hydrogen-bond acceptors (Lipinski definition) is 6. The van der Waals surface area contributed by atoms with Crippen molar-refractivity contribution in [1.82, 2.24) is 5.48 Å². The first-order valence-corrected chi connectivity index (χ1v) is 7.53. The lowest BCUT2D eigenvalue weighted by Crippen LogP contribution is -2.26. The third-order valence-corrected chi connectivity index (χ3v) is 3.41. The topological polar surface area (TPSA) is 88.8 Å². The Labute approximate surface area is 136 Å². The van der Waals surface area contributed by atoms with Gasteiger partial charge in [-0.2, -0.15) is 0 Å². The largest absolute Gasteiger partial charge is 0.507 e. The molecule has 0 aliphatic rings.